The Morgan fingerprint density at radius 3 is 2.00 bits per heavy atom. The van der Waals surface area contributed by atoms with Crippen LogP contribution in [-0.4, -0.2) is 44.8 Å². The Bertz CT molecular complexity index is 437. The predicted molar refractivity (Wildman–Crippen MR) is 81.5 cm³/mol. The molecule has 5 aliphatic rings. The first-order valence-electron chi connectivity index (χ1n) is 9.31. The summed E-state index contributed by atoms with van der Waals surface area (Å²) in [7, 11) is 0. The van der Waals surface area contributed by atoms with E-state index in [4.69, 9.17) is 23.7 Å². The van der Waals surface area contributed by atoms with E-state index in [1.165, 1.54) is 25.7 Å². The van der Waals surface area contributed by atoms with Gasteiger partial charge in [0.15, 0.2) is 0 Å². The van der Waals surface area contributed by atoms with Gasteiger partial charge in [0.1, 0.15) is 0 Å². The van der Waals surface area contributed by atoms with E-state index in [0.717, 1.165) is 25.2 Å². The zero-order valence-corrected chi connectivity index (χ0v) is 14.1. The van der Waals surface area contributed by atoms with Gasteiger partial charge in [-0.05, 0) is 38.0 Å². The van der Waals surface area contributed by atoms with Crippen molar-refractivity contribution in [2.75, 3.05) is 26.4 Å². The van der Waals surface area contributed by atoms with Crippen LogP contribution in [0.5, 0.6) is 0 Å². The Morgan fingerprint density at radius 2 is 1.39 bits per heavy atom. The quantitative estimate of drug-likeness (QED) is 0.641. The largest absolute Gasteiger partial charge is 0.412 e. The smallest absolute Gasteiger partial charge is 0.370 e. The zero-order valence-electron chi connectivity index (χ0n) is 14.1. The molecular formula is C18H28O5. The minimum absolute atomic E-state index is 0.101. The van der Waals surface area contributed by atoms with Crippen LogP contribution in [0.15, 0.2) is 0 Å². The molecule has 2 aliphatic carbocycles. The van der Waals surface area contributed by atoms with E-state index in [0.29, 0.717) is 38.6 Å². The van der Waals surface area contributed by atoms with Gasteiger partial charge in [-0.15, -0.1) is 0 Å². The Hall–Kier alpha value is -0.200. The average molecular weight is 324 g/mol. The summed E-state index contributed by atoms with van der Waals surface area (Å²) in [4.78, 5) is 0. The van der Waals surface area contributed by atoms with Crippen LogP contribution in [0.1, 0.15) is 51.9 Å². The first-order valence-corrected chi connectivity index (χ1v) is 9.31. The van der Waals surface area contributed by atoms with Crippen molar-refractivity contribution in [2.24, 2.45) is 16.7 Å². The molecule has 3 aliphatic heterocycles. The van der Waals surface area contributed by atoms with Crippen molar-refractivity contribution >= 4 is 0 Å². The van der Waals surface area contributed by atoms with Crippen LogP contribution in [-0.2, 0) is 23.7 Å². The molecule has 3 spiro atoms. The SMILES string of the molecule is CC1CCCC2(COC3(OC2)OCC2(CCC4OC4C2)CO3)C1. The fourth-order valence-electron chi connectivity index (χ4n) is 5.18. The standard InChI is InChI=1S/C18H28O5/c1-13-3-2-5-16(7-13)9-19-18(20-10-16)21-11-17(12-22-18)6-4-14-15(8-17)23-14/h13-15H,2-12H2,1H3. The van der Waals surface area contributed by atoms with E-state index in [9.17, 15) is 0 Å². The van der Waals surface area contributed by atoms with Gasteiger partial charge < -0.3 is 23.7 Å². The van der Waals surface area contributed by atoms with E-state index in [1.807, 2.05) is 0 Å². The van der Waals surface area contributed by atoms with Gasteiger partial charge in [0.2, 0.25) is 0 Å². The lowest BCUT2D eigenvalue weighted by molar-refractivity contribution is -0.549. The molecule has 5 rings (SSSR count). The number of ether oxygens (including phenoxy) is 5. The molecule has 5 heteroatoms. The molecule has 0 amide bonds. The molecule has 0 bridgehead atoms. The molecule has 130 valence electrons. The fourth-order valence-corrected chi connectivity index (χ4v) is 5.18. The predicted octanol–water partition coefficient (Wildman–Crippen LogP) is 2.83. The van der Waals surface area contributed by atoms with E-state index in [2.05, 4.69) is 6.92 Å². The third-order valence-corrected chi connectivity index (χ3v) is 6.69. The van der Waals surface area contributed by atoms with Gasteiger partial charge in [0.05, 0.1) is 38.6 Å². The van der Waals surface area contributed by atoms with Gasteiger partial charge in [-0.1, -0.05) is 19.8 Å². The third-order valence-electron chi connectivity index (χ3n) is 6.69. The van der Waals surface area contributed by atoms with Gasteiger partial charge in [0.25, 0.3) is 0 Å². The molecule has 2 saturated carbocycles. The van der Waals surface area contributed by atoms with Crippen molar-refractivity contribution < 1.29 is 23.7 Å². The fraction of sp³-hybridized carbons (Fsp3) is 1.00. The number of rotatable bonds is 0. The Morgan fingerprint density at radius 1 is 0.739 bits per heavy atom. The highest BCUT2D eigenvalue weighted by atomic mass is 17.0. The Labute approximate surface area is 137 Å². The summed E-state index contributed by atoms with van der Waals surface area (Å²) in [6.07, 6.45) is 7.98. The maximum Gasteiger partial charge on any atom is 0.412 e. The zero-order chi connectivity index (χ0) is 15.5. The highest BCUT2D eigenvalue weighted by molar-refractivity contribution is 5.00. The van der Waals surface area contributed by atoms with Crippen LogP contribution in [0.3, 0.4) is 0 Å². The van der Waals surface area contributed by atoms with E-state index >= 15 is 0 Å². The van der Waals surface area contributed by atoms with Gasteiger partial charge >= 0.3 is 6.16 Å². The van der Waals surface area contributed by atoms with Gasteiger partial charge in [-0.2, -0.15) is 0 Å². The summed E-state index contributed by atoms with van der Waals surface area (Å²) >= 11 is 0. The summed E-state index contributed by atoms with van der Waals surface area (Å²) in [6, 6.07) is 0. The lowest BCUT2D eigenvalue weighted by Crippen LogP contribution is -2.59. The number of epoxide rings is 1. The van der Waals surface area contributed by atoms with Crippen molar-refractivity contribution in [2.45, 2.75) is 70.2 Å². The van der Waals surface area contributed by atoms with Crippen molar-refractivity contribution in [3.63, 3.8) is 0 Å². The molecule has 3 unspecified atom stereocenters. The molecule has 0 aromatic rings. The number of hydrogen-bond acceptors (Lipinski definition) is 5. The minimum atomic E-state index is -1.24. The molecule has 0 aromatic heterocycles. The highest BCUT2D eigenvalue weighted by Crippen LogP contribution is 2.51. The van der Waals surface area contributed by atoms with Crippen LogP contribution < -0.4 is 0 Å². The molecule has 0 radical (unpaired) electrons. The maximum absolute atomic E-state index is 6.02. The van der Waals surface area contributed by atoms with Crippen LogP contribution >= 0.6 is 0 Å². The molecule has 3 heterocycles. The van der Waals surface area contributed by atoms with Crippen LogP contribution in [0.25, 0.3) is 0 Å². The summed E-state index contributed by atoms with van der Waals surface area (Å²) in [5.74, 6) is 0.759. The molecular weight excluding hydrogens is 296 g/mol. The summed E-state index contributed by atoms with van der Waals surface area (Å²) < 4.78 is 29.7. The first-order chi connectivity index (χ1) is 11.1. The topological polar surface area (TPSA) is 49.5 Å². The van der Waals surface area contributed by atoms with Crippen molar-refractivity contribution in [3.05, 3.63) is 0 Å². The lowest BCUT2D eigenvalue weighted by atomic mass is 9.71. The first kappa shape index (κ1) is 15.1. The Kier molecular flexibility index (Phi) is 3.38. The second-order valence-corrected chi connectivity index (χ2v) is 8.81. The molecule has 3 atom stereocenters. The van der Waals surface area contributed by atoms with E-state index in [-0.39, 0.29) is 10.8 Å². The van der Waals surface area contributed by atoms with Gasteiger partial charge in [0, 0.05) is 10.8 Å². The molecule has 23 heavy (non-hydrogen) atoms. The van der Waals surface area contributed by atoms with E-state index in [1.54, 1.807) is 0 Å². The van der Waals surface area contributed by atoms with Crippen molar-refractivity contribution in [1.29, 1.82) is 0 Å². The minimum Gasteiger partial charge on any atom is -0.370 e. The number of hydrogen-bond donors (Lipinski definition) is 0. The molecule has 3 saturated heterocycles. The van der Waals surface area contributed by atoms with Crippen LogP contribution in [0, 0.1) is 16.7 Å². The lowest BCUT2D eigenvalue weighted by Gasteiger charge is -2.51. The summed E-state index contributed by atoms with van der Waals surface area (Å²) in [5.41, 5.74) is 0.273. The normalized spacial score (nSPS) is 56.0. The second-order valence-electron chi connectivity index (χ2n) is 8.81. The maximum atomic E-state index is 6.02. The van der Waals surface area contributed by atoms with Crippen LogP contribution in [0.4, 0.5) is 0 Å². The van der Waals surface area contributed by atoms with Crippen molar-refractivity contribution in [3.8, 4) is 0 Å². The summed E-state index contributed by atoms with van der Waals surface area (Å²) in [5, 5.41) is 0. The van der Waals surface area contributed by atoms with E-state index < -0.39 is 6.16 Å². The second kappa shape index (κ2) is 5.15. The molecule has 5 nitrogen and oxygen atoms in total. The van der Waals surface area contributed by atoms with Gasteiger partial charge in [-0.25, -0.2) is 0 Å². The number of fused-ring (bicyclic) bond motifs is 1. The Balaban J connectivity index is 1.20. The molecule has 5 fully saturated rings. The monoisotopic (exact) mass is 324 g/mol. The van der Waals surface area contributed by atoms with Crippen LogP contribution in [0.2, 0.25) is 0 Å². The van der Waals surface area contributed by atoms with Crippen molar-refractivity contribution in [1.82, 2.24) is 0 Å². The molecule has 0 N–H and O–H groups in total. The highest BCUT2D eigenvalue weighted by Gasteiger charge is 2.57. The molecule has 0 aromatic carbocycles. The van der Waals surface area contributed by atoms with Gasteiger partial charge in [-0.3, -0.25) is 0 Å². The average Bonchev–Trinajstić information content (AvgIpc) is 3.32. The summed E-state index contributed by atoms with van der Waals surface area (Å²) in [6.45, 7) is 5.03. The third kappa shape index (κ3) is 2.65.